The quantitative estimate of drug-likeness (QED) is 0.905. The molecule has 2 rings (SSSR count). The number of piperidine rings is 1. The van der Waals surface area contributed by atoms with E-state index in [1.807, 2.05) is 6.07 Å². The van der Waals surface area contributed by atoms with Gasteiger partial charge >= 0.3 is 0 Å². The number of rotatable bonds is 5. The zero-order valence-corrected chi connectivity index (χ0v) is 13.3. The molecule has 1 fully saturated rings. The molecule has 0 amide bonds. The number of nitrogens with one attached hydrogen (secondary N) is 1. The molecule has 20 heavy (non-hydrogen) atoms. The van der Waals surface area contributed by atoms with Crippen LogP contribution in [0.25, 0.3) is 0 Å². The van der Waals surface area contributed by atoms with Crippen molar-refractivity contribution >= 4 is 12.4 Å². The molecule has 1 aliphatic rings. The third-order valence-electron chi connectivity index (χ3n) is 3.85. The normalized spacial score (nSPS) is 16.6. The summed E-state index contributed by atoms with van der Waals surface area (Å²) in [4.78, 5) is 2.50. The maximum absolute atomic E-state index is 5.35. The lowest BCUT2D eigenvalue weighted by Gasteiger charge is -2.31. The van der Waals surface area contributed by atoms with Crippen LogP contribution < -0.4 is 14.8 Å². The summed E-state index contributed by atoms with van der Waals surface area (Å²) in [5.74, 6) is 1.60. The fourth-order valence-electron chi connectivity index (χ4n) is 2.62. The molecule has 4 nitrogen and oxygen atoms in total. The van der Waals surface area contributed by atoms with E-state index in [1.165, 1.54) is 18.4 Å². The first-order chi connectivity index (χ1) is 9.26. The first-order valence-corrected chi connectivity index (χ1v) is 6.87. The lowest BCUT2D eigenvalue weighted by molar-refractivity contribution is 0.194. The van der Waals surface area contributed by atoms with Crippen LogP contribution in [0, 0.1) is 0 Å². The number of ether oxygens (including phenoxy) is 2. The van der Waals surface area contributed by atoms with Crippen molar-refractivity contribution in [1.29, 1.82) is 0 Å². The van der Waals surface area contributed by atoms with Crippen LogP contribution in [-0.4, -0.2) is 45.3 Å². The van der Waals surface area contributed by atoms with E-state index in [2.05, 4.69) is 29.4 Å². The van der Waals surface area contributed by atoms with Crippen molar-refractivity contribution in [2.45, 2.75) is 25.4 Å². The van der Waals surface area contributed by atoms with Crippen LogP contribution in [0.4, 0.5) is 0 Å². The molecular weight excluding hydrogens is 276 g/mol. The summed E-state index contributed by atoms with van der Waals surface area (Å²) < 4.78 is 10.6. The van der Waals surface area contributed by atoms with E-state index in [0.717, 1.165) is 31.1 Å². The van der Waals surface area contributed by atoms with E-state index < -0.39 is 0 Å². The molecule has 1 aliphatic heterocycles. The van der Waals surface area contributed by atoms with Gasteiger partial charge < -0.3 is 14.8 Å². The van der Waals surface area contributed by atoms with Gasteiger partial charge in [-0.3, -0.25) is 4.90 Å². The molecule has 0 spiro atoms. The van der Waals surface area contributed by atoms with Gasteiger partial charge in [-0.1, -0.05) is 6.07 Å². The molecule has 1 aromatic carbocycles. The van der Waals surface area contributed by atoms with Crippen molar-refractivity contribution in [3.63, 3.8) is 0 Å². The molecule has 0 bridgehead atoms. The topological polar surface area (TPSA) is 33.7 Å². The number of nitrogens with zero attached hydrogens (tertiary/aromatic N) is 1. The van der Waals surface area contributed by atoms with Crippen LogP contribution >= 0.6 is 12.4 Å². The predicted octanol–water partition coefficient (Wildman–Crippen LogP) is 2.31. The number of methoxy groups -OCH3 is 2. The Balaban J connectivity index is 0.00000200. The average molecular weight is 301 g/mol. The zero-order valence-electron chi connectivity index (χ0n) is 12.5. The van der Waals surface area contributed by atoms with Crippen molar-refractivity contribution < 1.29 is 9.47 Å². The Hall–Kier alpha value is -0.970. The minimum atomic E-state index is 0. The molecule has 1 N–H and O–H groups in total. The molecule has 0 radical (unpaired) electrons. The van der Waals surface area contributed by atoms with Gasteiger partial charge in [-0.05, 0) is 50.7 Å². The molecule has 5 heteroatoms. The van der Waals surface area contributed by atoms with Crippen molar-refractivity contribution in [2.75, 3.05) is 34.4 Å². The Morgan fingerprint density at radius 1 is 1.15 bits per heavy atom. The third-order valence-corrected chi connectivity index (χ3v) is 3.85. The molecule has 1 heterocycles. The summed E-state index contributed by atoms with van der Waals surface area (Å²) in [5, 5.41) is 3.36. The van der Waals surface area contributed by atoms with Gasteiger partial charge in [-0.25, -0.2) is 0 Å². The molecule has 0 aliphatic carbocycles. The number of benzene rings is 1. The van der Waals surface area contributed by atoms with Gasteiger partial charge in [-0.2, -0.15) is 0 Å². The Morgan fingerprint density at radius 2 is 1.80 bits per heavy atom. The Labute approximate surface area is 127 Å². The van der Waals surface area contributed by atoms with Gasteiger partial charge in [0.25, 0.3) is 0 Å². The standard InChI is InChI=1S/C15H24N2O2.ClH/c1-16-13-6-8-17(9-7-13)11-12-4-5-14(18-2)15(10-12)19-3;/h4-5,10,13,16H,6-9,11H2,1-3H3;1H. The van der Waals surface area contributed by atoms with Crippen molar-refractivity contribution in [1.82, 2.24) is 10.2 Å². The van der Waals surface area contributed by atoms with Crippen LogP contribution in [0.3, 0.4) is 0 Å². The smallest absolute Gasteiger partial charge is 0.161 e. The molecular formula is C15H25ClN2O2. The number of likely N-dealkylation sites (tertiary alicyclic amines) is 1. The summed E-state index contributed by atoms with van der Waals surface area (Å²) in [5.41, 5.74) is 1.28. The first kappa shape index (κ1) is 17.1. The van der Waals surface area contributed by atoms with E-state index in [0.29, 0.717) is 6.04 Å². The van der Waals surface area contributed by atoms with E-state index >= 15 is 0 Å². The maximum Gasteiger partial charge on any atom is 0.161 e. The van der Waals surface area contributed by atoms with E-state index in [4.69, 9.17) is 9.47 Å². The largest absolute Gasteiger partial charge is 0.493 e. The highest BCUT2D eigenvalue weighted by molar-refractivity contribution is 5.85. The number of hydrogen-bond acceptors (Lipinski definition) is 4. The van der Waals surface area contributed by atoms with Gasteiger partial charge in [-0.15, -0.1) is 12.4 Å². The number of hydrogen-bond donors (Lipinski definition) is 1. The molecule has 0 aromatic heterocycles. The molecule has 1 saturated heterocycles. The fourth-order valence-corrected chi connectivity index (χ4v) is 2.62. The fraction of sp³-hybridized carbons (Fsp3) is 0.600. The van der Waals surface area contributed by atoms with Gasteiger partial charge in [0, 0.05) is 12.6 Å². The van der Waals surface area contributed by atoms with Crippen LogP contribution in [0.15, 0.2) is 18.2 Å². The van der Waals surface area contributed by atoms with Crippen molar-refractivity contribution in [2.24, 2.45) is 0 Å². The summed E-state index contributed by atoms with van der Waals surface area (Å²) in [7, 11) is 5.40. The van der Waals surface area contributed by atoms with Gasteiger partial charge in [0.05, 0.1) is 14.2 Å². The molecule has 1 aromatic rings. The highest BCUT2D eigenvalue weighted by Crippen LogP contribution is 2.28. The number of halogens is 1. The second-order valence-corrected chi connectivity index (χ2v) is 5.03. The van der Waals surface area contributed by atoms with Crippen LogP contribution in [0.1, 0.15) is 18.4 Å². The van der Waals surface area contributed by atoms with E-state index in [9.17, 15) is 0 Å². The Kier molecular flexibility index (Phi) is 7.13. The Bertz CT molecular complexity index is 407. The molecule has 0 atom stereocenters. The predicted molar refractivity (Wildman–Crippen MR) is 84.2 cm³/mol. The second kappa shape index (κ2) is 8.35. The zero-order chi connectivity index (χ0) is 13.7. The van der Waals surface area contributed by atoms with Crippen molar-refractivity contribution in [3.05, 3.63) is 23.8 Å². The van der Waals surface area contributed by atoms with E-state index in [-0.39, 0.29) is 12.4 Å². The third kappa shape index (κ3) is 4.27. The SMILES string of the molecule is CNC1CCN(Cc2ccc(OC)c(OC)c2)CC1.Cl. The maximum atomic E-state index is 5.35. The van der Waals surface area contributed by atoms with E-state index in [1.54, 1.807) is 14.2 Å². The minimum absolute atomic E-state index is 0. The lowest BCUT2D eigenvalue weighted by atomic mass is 10.0. The second-order valence-electron chi connectivity index (χ2n) is 5.03. The van der Waals surface area contributed by atoms with Crippen molar-refractivity contribution in [3.8, 4) is 11.5 Å². The molecule has 0 saturated carbocycles. The summed E-state index contributed by atoms with van der Waals surface area (Å²) in [6.45, 7) is 3.29. The Morgan fingerprint density at radius 3 is 2.35 bits per heavy atom. The first-order valence-electron chi connectivity index (χ1n) is 6.87. The summed E-state index contributed by atoms with van der Waals surface area (Å²) in [6, 6.07) is 6.85. The molecule has 114 valence electrons. The van der Waals surface area contributed by atoms with Crippen LogP contribution in [-0.2, 0) is 6.54 Å². The minimum Gasteiger partial charge on any atom is -0.493 e. The van der Waals surface area contributed by atoms with Crippen LogP contribution in [0.5, 0.6) is 11.5 Å². The monoisotopic (exact) mass is 300 g/mol. The lowest BCUT2D eigenvalue weighted by Crippen LogP contribution is -2.40. The summed E-state index contributed by atoms with van der Waals surface area (Å²) >= 11 is 0. The van der Waals surface area contributed by atoms with Gasteiger partial charge in [0.1, 0.15) is 0 Å². The molecule has 0 unspecified atom stereocenters. The van der Waals surface area contributed by atoms with Crippen LogP contribution in [0.2, 0.25) is 0 Å². The van der Waals surface area contributed by atoms with Gasteiger partial charge in [0.2, 0.25) is 0 Å². The summed E-state index contributed by atoms with van der Waals surface area (Å²) in [6.07, 6.45) is 2.45. The highest BCUT2D eigenvalue weighted by Gasteiger charge is 2.18. The van der Waals surface area contributed by atoms with Gasteiger partial charge in [0.15, 0.2) is 11.5 Å². The highest BCUT2D eigenvalue weighted by atomic mass is 35.5. The average Bonchev–Trinajstić information content (AvgIpc) is 2.48.